The molecule has 0 fully saturated rings. The lowest BCUT2D eigenvalue weighted by atomic mass is 10.2. The molecule has 4 aromatic heterocycles. The molecule has 0 unspecified atom stereocenters. The van der Waals surface area contributed by atoms with Gasteiger partial charge in [-0.3, -0.25) is 4.79 Å². The number of nitrogens with two attached hydrogens (primary N) is 1. The number of nitrogen functional groups attached to an aromatic ring is 1. The van der Waals surface area contributed by atoms with Crippen molar-refractivity contribution < 1.29 is 4.79 Å². The number of carbonyl (C=O) groups is 1. The molecule has 0 bridgehead atoms. The van der Waals surface area contributed by atoms with Crippen molar-refractivity contribution in [1.29, 1.82) is 0 Å². The average molecular weight is 320 g/mol. The minimum absolute atomic E-state index is 0.0286. The zero-order chi connectivity index (χ0) is 16.7. The van der Waals surface area contributed by atoms with Crippen LogP contribution in [-0.2, 0) is 0 Å². The number of hydrogen-bond acceptors (Lipinski definition) is 7. The van der Waals surface area contributed by atoms with E-state index in [9.17, 15) is 4.79 Å². The molecule has 0 atom stereocenters. The van der Waals surface area contributed by atoms with Crippen molar-refractivity contribution >= 4 is 17.8 Å². The van der Waals surface area contributed by atoms with Crippen molar-refractivity contribution in [1.82, 2.24) is 34.3 Å². The van der Waals surface area contributed by atoms with Gasteiger partial charge in [0, 0.05) is 23.7 Å². The standard InChI is InChI=1S/C15H12N8O/c1-9-6-17-12-3-2-10(7-22(9)12)13-15(23-18-4-5-19-23)21-14(16)11(8-24)20-13/h2-8H,1H3,(H2,16,21). The molecule has 0 aliphatic rings. The summed E-state index contributed by atoms with van der Waals surface area (Å²) in [6.07, 6.45) is 7.28. The molecule has 4 heterocycles. The van der Waals surface area contributed by atoms with Gasteiger partial charge in [-0.25, -0.2) is 15.0 Å². The second-order valence-electron chi connectivity index (χ2n) is 5.15. The predicted molar refractivity (Wildman–Crippen MR) is 85.7 cm³/mol. The van der Waals surface area contributed by atoms with E-state index in [2.05, 4.69) is 25.1 Å². The smallest absolute Gasteiger partial charge is 0.202 e. The number of aldehydes is 1. The Morgan fingerprint density at radius 1 is 1.17 bits per heavy atom. The summed E-state index contributed by atoms with van der Waals surface area (Å²) in [6, 6.07) is 3.71. The fourth-order valence-electron chi connectivity index (χ4n) is 2.44. The molecule has 0 saturated carbocycles. The quantitative estimate of drug-likeness (QED) is 0.561. The molecule has 0 saturated heterocycles. The zero-order valence-electron chi connectivity index (χ0n) is 12.7. The van der Waals surface area contributed by atoms with Gasteiger partial charge in [0.2, 0.25) is 5.82 Å². The first-order chi connectivity index (χ1) is 11.7. The van der Waals surface area contributed by atoms with E-state index < -0.39 is 0 Å². The lowest BCUT2D eigenvalue weighted by Gasteiger charge is -2.10. The van der Waals surface area contributed by atoms with Crippen molar-refractivity contribution in [2.45, 2.75) is 6.92 Å². The molecule has 0 spiro atoms. The minimum Gasteiger partial charge on any atom is -0.382 e. The Morgan fingerprint density at radius 3 is 2.71 bits per heavy atom. The first-order valence-corrected chi connectivity index (χ1v) is 7.11. The van der Waals surface area contributed by atoms with Crippen LogP contribution in [0.25, 0.3) is 22.7 Å². The van der Waals surface area contributed by atoms with Gasteiger partial charge in [-0.05, 0) is 19.1 Å². The molecule has 2 N–H and O–H groups in total. The Balaban J connectivity index is 2.00. The maximum absolute atomic E-state index is 11.2. The third-order valence-electron chi connectivity index (χ3n) is 3.62. The van der Waals surface area contributed by atoms with Crippen LogP contribution in [0.5, 0.6) is 0 Å². The van der Waals surface area contributed by atoms with Crippen LogP contribution < -0.4 is 5.73 Å². The molecule has 0 amide bonds. The van der Waals surface area contributed by atoms with Crippen LogP contribution in [0.15, 0.2) is 36.9 Å². The number of hydrogen-bond donors (Lipinski definition) is 1. The summed E-state index contributed by atoms with van der Waals surface area (Å²) in [5.41, 5.74) is 8.86. The van der Waals surface area contributed by atoms with Gasteiger partial charge in [0.05, 0.1) is 12.4 Å². The Hall–Kier alpha value is -3.62. The van der Waals surface area contributed by atoms with Crippen LogP contribution in [0.2, 0.25) is 0 Å². The molecule has 4 aromatic rings. The Labute approximate surface area is 135 Å². The molecule has 4 rings (SSSR count). The van der Waals surface area contributed by atoms with E-state index in [0.29, 0.717) is 17.8 Å². The third kappa shape index (κ3) is 2.10. The van der Waals surface area contributed by atoms with E-state index >= 15 is 0 Å². The van der Waals surface area contributed by atoms with E-state index in [1.54, 1.807) is 6.20 Å². The van der Waals surface area contributed by atoms with E-state index in [-0.39, 0.29) is 11.5 Å². The van der Waals surface area contributed by atoms with Crippen molar-refractivity contribution in [2.24, 2.45) is 0 Å². The highest BCUT2D eigenvalue weighted by molar-refractivity contribution is 5.82. The molecule has 9 heteroatoms. The highest BCUT2D eigenvalue weighted by Gasteiger charge is 2.17. The van der Waals surface area contributed by atoms with Crippen LogP contribution in [0.4, 0.5) is 5.82 Å². The van der Waals surface area contributed by atoms with Gasteiger partial charge < -0.3 is 10.1 Å². The number of pyridine rings is 1. The van der Waals surface area contributed by atoms with Crippen molar-refractivity contribution in [3.8, 4) is 17.1 Å². The van der Waals surface area contributed by atoms with Crippen LogP contribution >= 0.6 is 0 Å². The summed E-state index contributed by atoms with van der Waals surface area (Å²) in [5, 5.41) is 8.16. The number of aryl methyl sites for hydroxylation is 1. The molecule has 24 heavy (non-hydrogen) atoms. The van der Waals surface area contributed by atoms with Gasteiger partial charge in [-0.15, -0.1) is 4.80 Å². The molecule has 0 aromatic carbocycles. The van der Waals surface area contributed by atoms with Gasteiger partial charge in [-0.1, -0.05) is 0 Å². The van der Waals surface area contributed by atoms with Gasteiger partial charge in [0.15, 0.2) is 12.1 Å². The maximum atomic E-state index is 11.2. The highest BCUT2D eigenvalue weighted by Crippen LogP contribution is 2.25. The second kappa shape index (κ2) is 5.23. The highest BCUT2D eigenvalue weighted by atomic mass is 16.1. The summed E-state index contributed by atoms with van der Waals surface area (Å²) in [5.74, 6) is 0.376. The number of fused-ring (bicyclic) bond motifs is 1. The maximum Gasteiger partial charge on any atom is 0.202 e. The van der Waals surface area contributed by atoms with E-state index in [1.807, 2.05) is 29.7 Å². The summed E-state index contributed by atoms with van der Waals surface area (Å²) in [4.78, 5) is 25.4. The van der Waals surface area contributed by atoms with E-state index in [4.69, 9.17) is 5.73 Å². The topological polar surface area (TPSA) is 117 Å². The molecule has 0 radical (unpaired) electrons. The zero-order valence-corrected chi connectivity index (χ0v) is 12.7. The number of anilines is 1. The molecular weight excluding hydrogens is 308 g/mol. The lowest BCUT2D eigenvalue weighted by Crippen LogP contribution is -2.11. The van der Waals surface area contributed by atoms with Gasteiger partial charge in [0.1, 0.15) is 17.0 Å². The normalized spacial score (nSPS) is 11.0. The monoisotopic (exact) mass is 320 g/mol. The third-order valence-corrected chi connectivity index (χ3v) is 3.62. The summed E-state index contributed by atoms with van der Waals surface area (Å²) in [7, 11) is 0. The number of aromatic nitrogens is 7. The van der Waals surface area contributed by atoms with Crippen molar-refractivity contribution in [3.63, 3.8) is 0 Å². The van der Waals surface area contributed by atoms with Crippen LogP contribution in [0, 0.1) is 6.92 Å². The second-order valence-corrected chi connectivity index (χ2v) is 5.15. The molecular formula is C15H12N8O. The average Bonchev–Trinajstić information content (AvgIpc) is 3.25. The van der Waals surface area contributed by atoms with E-state index in [1.165, 1.54) is 17.2 Å². The molecule has 0 aliphatic carbocycles. The van der Waals surface area contributed by atoms with Gasteiger partial charge >= 0.3 is 0 Å². The summed E-state index contributed by atoms with van der Waals surface area (Å²) < 4.78 is 1.92. The summed E-state index contributed by atoms with van der Waals surface area (Å²) >= 11 is 0. The van der Waals surface area contributed by atoms with Crippen molar-refractivity contribution in [2.75, 3.05) is 5.73 Å². The minimum atomic E-state index is 0.0286. The SMILES string of the molecule is Cc1cnc2ccc(-c3nc(C=O)c(N)nc3-n3nccn3)cn12. The predicted octanol–water partition coefficient (Wildman–Crippen LogP) is 1.08. The fourth-order valence-corrected chi connectivity index (χ4v) is 2.44. The van der Waals surface area contributed by atoms with Gasteiger partial charge in [-0.2, -0.15) is 10.2 Å². The Kier molecular flexibility index (Phi) is 3.05. The van der Waals surface area contributed by atoms with E-state index in [0.717, 1.165) is 16.9 Å². The number of nitrogens with zero attached hydrogens (tertiary/aromatic N) is 7. The number of imidazole rings is 1. The number of carbonyl (C=O) groups excluding carboxylic acids is 1. The van der Waals surface area contributed by atoms with Gasteiger partial charge in [0.25, 0.3) is 0 Å². The molecule has 9 nitrogen and oxygen atoms in total. The largest absolute Gasteiger partial charge is 0.382 e. The lowest BCUT2D eigenvalue weighted by molar-refractivity contribution is 0.111. The van der Waals surface area contributed by atoms with Crippen LogP contribution in [-0.4, -0.2) is 40.6 Å². The van der Waals surface area contributed by atoms with Crippen molar-refractivity contribution in [3.05, 3.63) is 48.3 Å². The molecule has 118 valence electrons. The van der Waals surface area contributed by atoms with Crippen LogP contribution in [0.1, 0.15) is 16.2 Å². The number of rotatable bonds is 3. The fraction of sp³-hybridized carbons (Fsp3) is 0.0667. The van der Waals surface area contributed by atoms with Crippen LogP contribution in [0.3, 0.4) is 0 Å². The molecule has 0 aliphatic heterocycles. The first-order valence-electron chi connectivity index (χ1n) is 7.11. The summed E-state index contributed by atoms with van der Waals surface area (Å²) in [6.45, 7) is 1.95. The Morgan fingerprint density at radius 2 is 1.96 bits per heavy atom. The first kappa shape index (κ1) is 14.0. The Bertz CT molecular complexity index is 1050.